The number of nitrogens with zero attached hydrogens (tertiary/aromatic N) is 2. The quantitative estimate of drug-likeness (QED) is 0.504. The minimum absolute atomic E-state index is 0.438. The molecule has 3 aromatic rings. The number of rotatable bonds is 6. The molecule has 128 valence electrons. The van der Waals surface area contributed by atoms with E-state index >= 15 is 0 Å². The van der Waals surface area contributed by atoms with Crippen molar-refractivity contribution in [3.63, 3.8) is 0 Å². The maximum atomic E-state index is 12.1. The molecule has 0 radical (unpaired) electrons. The summed E-state index contributed by atoms with van der Waals surface area (Å²) in [6.07, 6.45) is 1.95. The fraction of sp³-hybridized carbons (Fsp3) is 0.250. The standard InChI is InChI=1S/C20H20N2O3/c1-3-21-13-17(16-11-7-8-12-18(16)21)19(15-9-5-4-6-10-15)20(14(2)23)22(24)25/h4-13,19-20H,3H2,1-2H3/t19-,20-/m1/s1. The molecule has 0 saturated carbocycles. The second-order valence-electron chi connectivity index (χ2n) is 6.12. The van der Waals surface area contributed by atoms with Gasteiger partial charge in [-0.15, -0.1) is 0 Å². The number of aryl methyl sites for hydroxylation is 1. The van der Waals surface area contributed by atoms with Gasteiger partial charge >= 0.3 is 0 Å². The molecule has 1 aromatic heterocycles. The summed E-state index contributed by atoms with van der Waals surface area (Å²) < 4.78 is 2.07. The Labute approximate surface area is 146 Å². The van der Waals surface area contributed by atoms with Crippen LogP contribution < -0.4 is 0 Å². The fourth-order valence-corrected chi connectivity index (χ4v) is 3.48. The highest BCUT2D eigenvalue weighted by atomic mass is 16.6. The summed E-state index contributed by atoms with van der Waals surface area (Å²) in [5, 5.41) is 12.7. The molecule has 0 aliphatic carbocycles. The lowest BCUT2D eigenvalue weighted by Crippen LogP contribution is -2.34. The zero-order valence-corrected chi connectivity index (χ0v) is 14.3. The van der Waals surface area contributed by atoms with Crippen LogP contribution in [0.4, 0.5) is 0 Å². The Kier molecular flexibility index (Phi) is 4.65. The van der Waals surface area contributed by atoms with Gasteiger partial charge in [0.15, 0.2) is 0 Å². The van der Waals surface area contributed by atoms with Crippen LogP contribution in [0.25, 0.3) is 10.9 Å². The lowest BCUT2D eigenvalue weighted by molar-refractivity contribution is -0.509. The van der Waals surface area contributed by atoms with Crippen molar-refractivity contribution < 1.29 is 9.72 Å². The van der Waals surface area contributed by atoms with Crippen LogP contribution >= 0.6 is 0 Å². The highest BCUT2D eigenvalue weighted by Crippen LogP contribution is 2.36. The van der Waals surface area contributed by atoms with Gasteiger partial charge in [0.25, 0.3) is 6.04 Å². The molecule has 0 unspecified atom stereocenters. The number of para-hydroxylation sites is 1. The molecule has 0 saturated heterocycles. The van der Waals surface area contributed by atoms with E-state index in [4.69, 9.17) is 0 Å². The first-order valence-electron chi connectivity index (χ1n) is 8.31. The van der Waals surface area contributed by atoms with E-state index in [-0.39, 0.29) is 0 Å². The van der Waals surface area contributed by atoms with E-state index in [9.17, 15) is 14.9 Å². The first kappa shape index (κ1) is 16.9. The first-order valence-corrected chi connectivity index (χ1v) is 8.31. The third kappa shape index (κ3) is 3.05. The lowest BCUT2D eigenvalue weighted by atomic mass is 9.83. The van der Waals surface area contributed by atoms with E-state index in [1.54, 1.807) is 0 Å². The Bertz CT molecular complexity index is 901. The van der Waals surface area contributed by atoms with Crippen LogP contribution in [0.15, 0.2) is 60.8 Å². The average Bonchev–Trinajstić information content (AvgIpc) is 2.98. The predicted molar refractivity (Wildman–Crippen MR) is 97.4 cm³/mol. The Morgan fingerprint density at radius 1 is 1.12 bits per heavy atom. The lowest BCUT2D eigenvalue weighted by Gasteiger charge is -2.19. The van der Waals surface area contributed by atoms with Gasteiger partial charge in [-0.05, 0) is 24.1 Å². The predicted octanol–water partition coefficient (Wildman–Crippen LogP) is 4.03. The monoisotopic (exact) mass is 336 g/mol. The smallest absolute Gasteiger partial charge is 0.280 e. The number of hydrogen-bond acceptors (Lipinski definition) is 3. The molecule has 0 fully saturated rings. The number of carbonyl (C=O) groups excluding carboxylic acids is 1. The highest BCUT2D eigenvalue weighted by molar-refractivity contribution is 5.88. The maximum Gasteiger partial charge on any atom is 0.280 e. The molecule has 0 spiro atoms. The van der Waals surface area contributed by atoms with Gasteiger partial charge in [0.1, 0.15) is 0 Å². The van der Waals surface area contributed by atoms with Crippen LogP contribution in [0.3, 0.4) is 0 Å². The second kappa shape index (κ2) is 6.89. The molecule has 3 rings (SSSR count). The largest absolute Gasteiger partial charge is 0.347 e. The summed E-state index contributed by atoms with van der Waals surface area (Å²) in [6, 6.07) is 15.8. The van der Waals surface area contributed by atoms with Crippen molar-refractivity contribution in [3.8, 4) is 0 Å². The summed E-state index contributed by atoms with van der Waals surface area (Å²) in [4.78, 5) is 23.4. The molecule has 0 N–H and O–H groups in total. The fourth-order valence-electron chi connectivity index (χ4n) is 3.48. The minimum atomic E-state index is -1.31. The summed E-state index contributed by atoms with van der Waals surface area (Å²) >= 11 is 0. The van der Waals surface area contributed by atoms with Gasteiger partial charge in [0.2, 0.25) is 5.78 Å². The number of benzene rings is 2. The van der Waals surface area contributed by atoms with Gasteiger partial charge in [-0.3, -0.25) is 14.9 Å². The second-order valence-corrected chi connectivity index (χ2v) is 6.12. The van der Waals surface area contributed by atoms with E-state index in [2.05, 4.69) is 4.57 Å². The van der Waals surface area contributed by atoms with Crippen LogP contribution in [-0.2, 0) is 11.3 Å². The van der Waals surface area contributed by atoms with Crippen molar-refractivity contribution in [1.82, 2.24) is 4.57 Å². The van der Waals surface area contributed by atoms with Gasteiger partial charge in [0, 0.05) is 35.5 Å². The highest BCUT2D eigenvalue weighted by Gasteiger charge is 2.39. The van der Waals surface area contributed by atoms with Gasteiger partial charge in [0.05, 0.1) is 5.92 Å². The third-order valence-electron chi connectivity index (χ3n) is 4.61. The normalized spacial score (nSPS) is 13.5. The maximum absolute atomic E-state index is 12.1. The molecule has 25 heavy (non-hydrogen) atoms. The first-order chi connectivity index (χ1) is 12.0. The van der Waals surface area contributed by atoms with Gasteiger partial charge in [-0.1, -0.05) is 48.5 Å². The van der Waals surface area contributed by atoms with Crippen LogP contribution in [0.1, 0.15) is 30.9 Å². The SMILES string of the molecule is CCn1cc([C@@H](c2ccccc2)[C@@H](C(C)=O)[N+](=O)[O-])c2ccccc21. The molecule has 5 heteroatoms. The molecular formula is C20H20N2O3. The topological polar surface area (TPSA) is 65.1 Å². The van der Waals surface area contributed by atoms with Crippen molar-refractivity contribution in [2.45, 2.75) is 32.4 Å². The van der Waals surface area contributed by atoms with E-state index < -0.39 is 22.7 Å². The number of carbonyl (C=O) groups is 1. The van der Waals surface area contributed by atoms with Gasteiger partial charge in [-0.2, -0.15) is 0 Å². The van der Waals surface area contributed by atoms with Crippen molar-refractivity contribution >= 4 is 16.7 Å². The third-order valence-corrected chi connectivity index (χ3v) is 4.61. The summed E-state index contributed by atoms with van der Waals surface area (Å²) in [6.45, 7) is 4.08. The zero-order valence-electron chi connectivity index (χ0n) is 14.3. The van der Waals surface area contributed by atoms with Gasteiger partial charge < -0.3 is 4.57 Å². The molecular weight excluding hydrogens is 316 g/mol. The molecule has 0 aliphatic heterocycles. The Morgan fingerprint density at radius 3 is 2.36 bits per heavy atom. The zero-order chi connectivity index (χ0) is 18.0. The van der Waals surface area contributed by atoms with E-state index in [1.165, 1.54) is 6.92 Å². The number of Topliss-reactive ketones (excluding diaryl/α,β-unsaturated/α-hetero) is 1. The number of aromatic nitrogens is 1. The summed E-state index contributed by atoms with van der Waals surface area (Å²) in [5.41, 5.74) is 2.62. The molecule has 5 nitrogen and oxygen atoms in total. The Morgan fingerprint density at radius 2 is 1.76 bits per heavy atom. The van der Waals surface area contributed by atoms with E-state index in [1.807, 2.05) is 67.7 Å². The van der Waals surface area contributed by atoms with Crippen molar-refractivity contribution in [2.75, 3.05) is 0 Å². The molecule has 0 aliphatic rings. The summed E-state index contributed by atoms with van der Waals surface area (Å²) in [5.74, 6) is -1.06. The molecule has 2 atom stereocenters. The summed E-state index contributed by atoms with van der Waals surface area (Å²) in [7, 11) is 0. The van der Waals surface area contributed by atoms with Crippen molar-refractivity contribution in [1.29, 1.82) is 0 Å². The van der Waals surface area contributed by atoms with Crippen molar-refractivity contribution in [2.24, 2.45) is 0 Å². The van der Waals surface area contributed by atoms with Crippen molar-refractivity contribution in [3.05, 3.63) is 82.0 Å². The number of fused-ring (bicyclic) bond motifs is 1. The van der Waals surface area contributed by atoms with E-state index in [0.29, 0.717) is 0 Å². The molecule has 0 bridgehead atoms. The number of ketones is 1. The number of hydrogen-bond donors (Lipinski definition) is 0. The van der Waals surface area contributed by atoms with Crippen LogP contribution in [0.5, 0.6) is 0 Å². The van der Waals surface area contributed by atoms with Gasteiger partial charge in [-0.25, -0.2) is 0 Å². The Hall–Kier alpha value is -2.95. The van der Waals surface area contributed by atoms with Crippen LogP contribution in [-0.4, -0.2) is 21.3 Å². The average molecular weight is 336 g/mol. The molecule has 0 amide bonds. The Balaban J connectivity index is 2.29. The molecule has 2 aromatic carbocycles. The van der Waals surface area contributed by atoms with E-state index in [0.717, 1.165) is 28.6 Å². The minimum Gasteiger partial charge on any atom is -0.347 e. The van der Waals surface area contributed by atoms with Crippen LogP contribution in [0.2, 0.25) is 0 Å². The van der Waals surface area contributed by atoms with Crippen LogP contribution in [0, 0.1) is 10.1 Å². The molecule has 1 heterocycles. The number of nitro groups is 1.